The summed E-state index contributed by atoms with van der Waals surface area (Å²) in [6, 6.07) is 5.85. The molecule has 0 aliphatic heterocycles. The van der Waals surface area contributed by atoms with Gasteiger partial charge in [0.05, 0.1) is 5.56 Å². The molecule has 21 heavy (non-hydrogen) atoms. The van der Waals surface area contributed by atoms with Gasteiger partial charge in [0.25, 0.3) is 0 Å². The van der Waals surface area contributed by atoms with E-state index in [2.05, 4.69) is 20.8 Å². The predicted octanol–water partition coefficient (Wildman–Crippen LogP) is 3.87. The summed E-state index contributed by atoms with van der Waals surface area (Å²) in [5.74, 6) is 1.64. The van der Waals surface area contributed by atoms with Gasteiger partial charge < -0.3 is 10.5 Å². The highest BCUT2D eigenvalue weighted by Crippen LogP contribution is 2.66. The largest absolute Gasteiger partial charge is 0.489 e. The molecule has 3 N–H and O–H groups in total. The molecule has 2 saturated carbocycles. The predicted molar refractivity (Wildman–Crippen MR) is 85.8 cm³/mol. The molecule has 0 saturated heterocycles. The van der Waals surface area contributed by atoms with Crippen LogP contribution in [0.3, 0.4) is 0 Å². The van der Waals surface area contributed by atoms with E-state index in [9.17, 15) is 0 Å². The van der Waals surface area contributed by atoms with Crippen molar-refractivity contribution in [3.05, 3.63) is 29.3 Å². The van der Waals surface area contributed by atoms with Crippen molar-refractivity contribution >= 4 is 5.84 Å². The second-order valence-electron chi connectivity index (χ2n) is 7.58. The van der Waals surface area contributed by atoms with Crippen LogP contribution < -0.4 is 10.5 Å². The van der Waals surface area contributed by atoms with Gasteiger partial charge in [-0.2, -0.15) is 0 Å². The van der Waals surface area contributed by atoms with Crippen molar-refractivity contribution in [2.24, 2.45) is 22.5 Å². The molecule has 1 aromatic carbocycles. The SMILES string of the molecule is Cc1cccc(C(=N)N)c1OC1CC2CCC1(C)C2(C)C. The van der Waals surface area contributed by atoms with E-state index in [-0.39, 0.29) is 17.4 Å². The molecular weight excluding hydrogens is 260 g/mol. The highest BCUT2D eigenvalue weighted by molar-refractivity contribution is 5.98. The Kier molecular flexibility index (Phi) is 3.09. The molecule has 0 amide bonds. The molecule has 2 aliphatic carbocycles. The Labute approximate surface area is 127 Å². The number of para-hydroxylation sites is 1. The Bertz CT molecular complexity index is 593. The first kappa shape index (κ1) is 14.4. The first-order valence-electron chi connectivity index (χ1n) is 7.88. The van der Waals surface area contributed by atoms with Crippen LogP contribution in [0.5, 0.6) is 5.75 Å². The average molecular weight is 286 g/mol. The summed E-state index contributed by atoms with van der Waals surface area (Å²) in [4.78, 5) is 0. The monoisotopic (exact) mass is 286 g/mol. The van der Waals surface area contributed by atoms with E-state index in [1.54, 1.807) is 0 Å². The lowest BCUT2D eigenvalue weighted by atomic mass is 9.70. The number of benzene rings is 1. The Morgan fingerprint density at radius 1 is 1.33 bits per heavy atom. The number of amidine groups is 1. The van der Waals surface area contributed by atoms with Gasteiger partial charge in [-0.1, -0.05) is 32.9 Å². The fraction of sp³-hybridized carbons (Fsp3) is 0.611. The molecule has 0 radical (unpaired) electrons. The summed E-state index contributed by atoms with van der Waals surface area (Å²) in [7, 11) is 0. The molecule has 2 bridgehead atoms. The second kappa shape index (κ2) is 4.49. The van der Waals surface area contributed by atoms with E-state index in [0.29, 0.717) is 5.41 Å². The number of nitrogens with one attached hydrogen (secondary N) is 1. The number of ether oxygens (including phenoxy) is 1. The third kappa shape index (κ3) is 1.90. The maximum atomic E-state index is 7.78. The summed E-state index contributed by atoms with van der Waals surface area (Å²) >= 11 is 0. The van der Waals surface area contributed by atoms with Crippen LogP contribution in [0.2, 0.25) is 0 Å². The number of nitrogen functional groups attached to an aromatic ring is 1. The van der Waals surface area contributed by atoms with E-state index in [0.717, 1.165) is 29.2 Å². The quantitative estimate of drug-likeness (QED) is 0.654. The second-order valence-corrected chi connectivity index (χ2v) is 7.58. The topological polar surface area (TPSA) is 59.1 Å². The average Bonchev–Trinajstić information content (AvgIpc) is 2.73. The van der Waals surface area contributed by atoms with Crippen LogP contribution in [-0.4, -0.2) is 11.9 Å². The van der Waals surface area contributed by atoms with Crippen LogP contribution in [0.15, 0.2) is 18.2 Å². The van der Waals surface area contributed by atoms with E-state index in [1.165, 1.54) is 12.8 Å². The smallest absolute Gasteiger partial charge is 0.133 e. The van der Waals surface area contributed by atoms with Crippen LogP contribution in [-0.2, 0) is 0 Å². The molecule has 3 atom stereocenters. The van der Waals surface area contributed by atoms with Crippen molar-refractivity contribution in [3.8, 4) is 5.75 Å². The molecular formula is C18H26N2O. The molecule has 0 heterocycles. The molecule has 0 aromatic heterocycles. The van der Waals surface area contributed by atoms with Gasteiger partial charge in [0, 0.05) is 5.41 Å². The molecule has 1 aromatic rings. The highest BCUT2D eigenvalue weighted by Gasteiger charge is 2.62. The molecule has 3 nitrogen and oxygen atoms in total. The Morgan fingerprint density at radius 2 is 2.05 bits per heavy atom. The lowest BCUT2D eigenvalue weighted by molar-refractivity contribution is 0.0296. The van der Waals surface area contributed by atoms with Crippen molar-refractivity contribution in [1.82, 2.24) is 0 Å². The fourth-order valence-electron chi connectivity index (χ4n) is 4.47. The lowest BCUT2D eigenvalue weighted by Gasteiger charge is -2.39. The van der Waals surface area contributed by atoms with Crippen LogP contribution in [0.25, 0.3) is 0 Å². The first-order valence-corrected chi connectivity index (χ1v) is 7.88. The number of hydrogen-bond donors (Lipinski definition) is 2. The summed E-state index contributed by atoms with van der Waals surface area (Å²) in [6.07, 6.45) is 3.90. The number of aryl methyl sites for hydroxylation is 1. The summed E-state index contributed by atoms with van der Waals surface area (Å²) < 4.78 is 6.45. The molecule has 3 heteroatoms. The Morgan fingerprint density at radius 3 is 2.57 bits per heavy atom. The van der Waals surface area contributed by atoms with Gasteiger partial charge in [-0.15, -0.1) is 0 Å². The van der Waals surface area contributed by atoms with Gasteiger partial charge in [0.15, 0.2) is 0 Å². The van der Waals surface area contributed by atoms with Crippen molar-refractivity contribution in [1.29, 1.82) is 5.41 Å². The number of nitrogens with two attached hydrogens (primary N) is 1. The molecule has 3 rings (SSSR count). The Hall–Kier alpha value is -1.51. The fourth-order valence-corrected chi connectivity index (χ4v) is 4.47. The highest BCUT2D eigenvalue weighted by atomic mass is 16.5. The van der Waals surface area contributed by atoms with Gasteiger partial charge in [-0.3, -0.25) is 5.41 Å². The molecule has 2 fully saturated rings. The normalized spacial score (nSPS) is 33.1. The minimum absolute atomic E-state index is 0.0845. The first-order chi connectivity index (χ1) is 9.77. The minimum Gasteiger partial charge on any atom is -0.489 e. The zero-order chi connectivity index (χ0) is 15.4. The third-order valence-electron chi connectivity index (χ3n) is 6.48. The third-order valence-corrected chi connectivity index (χ3v) is 6.48. The van der Waals surface area contributed by atoms with Crippen LogP contribution in [0, 0.1) is 29.1 Å². The van der Waals surface area contributed by atoms with Gasteiger partial charge in [0.2, 0.25) is 0 Å². The molecule has 114 valence electrons. The van der Waals surface area contributed by atoms with E-state index >= 15 is 0 Å². The van der Waals surface area contributed by atoms with E-state index < -0.39 is 0 Å². The van der Waals surface area contributed by atoms with Crippen LogP contribution in [0.4, 0.5) is 0 Å². The van der Waals surface area contributed by atoms with Crippen LogP contribution >= 0.6 is 0 Å². The van der Waals surface area contributed by atoms with Crippen molar-refractivity contribution in [2.45, 2.75) is 53.1 Å². The number of hydrogen-bond acceptors (Lipinski definition) is 2. The molecule has 2 aliphatic rings. The van der Waals surface area contributed by atoms with Gasteiger partial charge in [-0.05, 0) is 49.1 Å². The zero-order valence-corrected chi connectivity index (χ0v) is 13.5. The van der Waals surface area contributed by atoms with Gasteiger partial charge >= 0.3 is 0 Å². The van der Waals surface area contributed by atoms with E-state index in [1.807, 2.05) is 25.1 Å². The van der Waals surface area contributed by atoms with Gasteiger partial charge in [-0.25, -0.2) is 0 Å². The standard InChI is InChI=1S/C18H26N2O/c1-11-6-5-7-13(16(19)20)15(11)21-14-10-12-8-9-18(14,4)17(12,2)3/h5-7,12,14H,8-10H2,1-4H3,(H3,19,20). The van der Waals surface area contributed by atoms with Crippen molar-refractivity contribution in [3.63, 3.8) is 0 Å². The maximum absolute atomic E-state index is 7.78. The van der Waals surface area contributed by atoms with Crippen molar-refractivity contribution < 1.29 is 4.74 Å². The van der Waals surface area contributed by atoms with Crippen molar-refractivity contribution in [2.75, 3.05) is 0 Å². The summed E-state index contributed by atoms with van der Waals surface area (Å²) in [6.45, 7) is 9.17. The lowest BCUT2D eigenvalue weighted by Crippen LogP contribution is -2.39. The van der Waals surface area contributed by atoms with E-state index in [4.69, 9.17) is 15.9 Å². The Balaban J connectivity index is 1.95. The summed E-state index contributed by atoms with van der Waals surface area (Å²) in [5.41, 5.74) is 8.05. The molecule has 3 unspecified atom stereocenters. The summed E-state index contributed by atoms with van der Waals surface area (Å²) in [5, 5.41) is 7.78. The zero-order valence-electron chi connectivity index (χ0n) is 13.5. The van der Waals surface area contributed by atoms with Crippen LogP contribution in [0.1, 0.15) is 51.2 Å². The molecule has 0 spiro atoms. The number of fused-ring (bicyclic) bond motifs is 2. The van der Waals surface area contributed by atoms with Gasteiger partial charge in [0.1, 0.15) is 17.7 Å². The number of rotatable bonds is 3. The minimum atomic E-state index is 0.0845. The maximum Gasteiger partial charge on any atom is 0.133 e.